The Labute approximate surface area is 197 Å². The van der Waals surface area contributed by atoms with Crippen molar-refractivity contribution in [3.05, 3.63) is 77.2 Å². The van der Waals surface area contributed by atoms with Crippen molar-refractivity contribution in [2.24, 2.45) is 0 Å². The molecule has 0 aliphatic carbocycles. The summed E-state index contributed by atoms with van der Waals surface area (Å²) in [5.74, 6) is 2.03. The molecular formula is C24H24N4O4S. The summed E-state index contributed by atoms with van der Waals surface area (Å²) in [7, 11) is 3.21. The molecule has 0 unspecified atom stereocenters. The predicted molar refractivity (Wildman–Crippen MR) is 130 cm³/mol. The van der Waals surface area contributed by atoms with Crippen LogP contribution in [-0.4, -0.2) is 30.4 Å². The largest absolute Gasteiger partial charge is 0.497 e. The molecule has 0 bridgehead atoms. The molecule has 1 aliphatic rings. The monoisotopic (exact) mass is 464 g/mol. The molecule has 0 spiro atoms. The van der Waals surface area contributed by atoms with Gasteiger partial charge in [-0.1, -0.05) is 17.3 Å². The third-order valence-corrected chi connectivity index (χ3v) is 5.66. The Morgan fingerprint density at radius 3 is 2.45 bits per heavy atom. The zero-order valence-corrected chi connectivity index (χ0v) is 19.5. The fourth-order valence-electron chi connectivity index (χ4n) is 3.76. The molecule has 2 heterocycles. The van der Waals surface area contributed by atoms with E-state index in [0.717, 1.165) is 17.0 Å². The summed E-state index contributed by atoms with van der Waals surface area (Å²) in [5, 5.41) is 10.5. The zero-order valence-electron chi connectivity index (χ0n) is 18.7. The lowest BCUT2D eigenvalue weighted by molar-refractivity contribution is -0.113. The number of aryl methyl sites for hydroxylation is 1. The minimum Gasteiger partial charge on any atom is -0.497 e. The van der Waals surface area contributed by atoms with Crippen LogP contribution in [0.4, 0.5) is 11.5 Å². The maximum Gasteiger partial charge on any atom is 0.257 e. The van der Waals surface area contributed by atoms with E-state index in [1.54, 1.807) is 27.2 Å². The molecule has 2 N–H and O–H groups in total. The van der Waals surface area contributed by atoms with Gasteiger partial charge in [-0.3, -0.25) is 9.69 Å². The van der Waals surface area contributed by atoms with Crippen molar-refractivity contribution in [1.29, 1.82) is 0 Å². The average molecular weight is 465 g/mol. The van der Waals surface area contributed by atoms with Gasteiger partial charge >= 0.3 is 0 Å². The summed E-state index contributed by atoms with van der Waals surface area (Å²) in [5.41, 5.74) is 2.83. The molecule has 3 aromatic rings. The molecule has 1 amide bonds. The molecule has 1 atom stereocenters. The fraction of sp³-hybridized carbons (Fsp3) is 0.208. The standard InChI is InChI=1S/C24H24N4O4S/c1-14-12-20(27-32-14)25-23(29)21-15(2)28(17-8-10-18(30-3)11-9-17)24(33)26-22(21)16-6-5-7-19(13-16)31-4/h5-13,22H,1-4H3,(H,26,33)(H,25,27,29)/t22-/m1/s1. The van der Waals surface area contributed by atoms with Crippen LogP contribution in [0.2, 0.25) is 0 Å². The van der Waals surface area contributed by atoms with E-state index in [9.17, 15) is 4.79 Å². The van der Waals surface area contributed by atoms with Crippen LogP contribution < -0.4 is 25.0 Å². The van der Waals surface area contributed by atoms with Crippen molar-refractivity contribution in [3.8, 4) is 11.5 Å². The van der Waals surface area contributed by atoms with Gasteiger partial charge in [-0.2, -0.15) is 0 Å². The number of methoxy groups -OCH3 is 2. The maximum atomic E-state index is 13.5. The van der Waals surface area contributed by atoms with E-state index < -0.39 is 6.04 Å². The second-order valence-electron chi connectivity index (χ2n) is 7.47. The van der Waals surface area contributed by atoms with Crippen molar-refractivity contribution >= 4 is 34.7 Å². The van der Waals surface area contributed by atoms with E-state index in [1.165, 1.54) is 0 Å². The highest BCUT2D eigenvalue weighted by Gasteiger charge is 2.35. The number of hydrogen-bond acceptors (Lipinski definition) is 6. The Morgan fingerprint density at radius 2 is 1.82 bits per heavy atom. The molecule has 0 fully saturated rings. The Bertz CT molecular complexity index is 1220. The number of carbonyl (C=O) groups excluding carboxylic acids is 1. The Kier molecular flexibility index (Phi) is 6.32. The number of nitrogens with zero attached hydrogens (tertiary/aromatic N) is 2. The highest BCUT2D eigenvalue weighted by Crippen LogP contribution is 2.35. The predicted octanol–water partition coefficient (Wildman–Crippen LogP) is 4.35. The number of amides is 1. The van der Waals surface area contributed by atoms with Crippen molar-refractivity contribution in [2.75, 3.05) is 24.4 Å². The van der Waals surface area contributed by atoms with Crippen LogP contribution in [0.1, 0.15) is 24.3 Å². The number of rotatable bonds is 6. The normalized spacial score (nSPS) is 15.8. The average Bonchev–Trinajstić information content (AvgIpc) is 3.23. The maximum absolute atomic E-state index is 13.5. The number of hydrogen-bond donors (Lipinski definition) is 2. The van der Waals surface area contributed by atoms with Gasteiger partial charge in [0.25, 0.3) is 5.91 Å². The van der Waals surface area contributed by atoms with E-state index in [-0.39, 0.29) is 5.91 Å². The second kappa shape index (κ2) is 9.33. The lowest BCUT2D eigenvalue weighted by Gasteiger charge is -2.38. The minimum atomic E-state index is -0.491. The molecule has 0 saturated carbocycles. The van der Waals surface area contributed by atoms with Gasteiger partial charge in [-0.25, -0.2) is 0 Å². The van der Waals surface area contributed by atoms with Crippen LogP contribution in [0.5, 0.6) is 11.5 Å². The SMILES string of the molecule is COc1ccc(N2C(=S)N[C@H](c3cccc(OC)c3)C(C(=O)Nc3cc(C)on3)=C2C)cc1. The van der Waals surface area contributed by atoms with Gasteiger partial charge in [0.15, 0.2) is 10.9 Å². The fourth-order valence-corrected chi connectivity index (χ4v) is 4.12. The van der Waals surface area contributed by atoms with Crippen molar-refractivity contribution in [3.63, 3.8) is 0 Å². The van der Waals surface area contributed by atoms with Gasteiger partial charge in [-0.05, 0) is 68.0 Å². The molecular weight excluding hydrogens is 440 g/mol. The molecule has 9 heteroatoms. The summed E-state index contributed by atoms with van der Waals surface area (Å²) in [6.45, 7) is 3.63. The number of aromatic nitrogens is 1. The zero-order chi connectivity index (χ0) is 23.5. The number of nitrogens with one attached hydrogen (secondary N) is 2. The van der Waals surface area contributed by atoms with Crippen LogP contribution in [0.25, 0.3) is 0 Å². The van der Waals surface area contributed by atoms with E-state index in [2.05, 4.69) is 15.8 Å². The molecule has 0 saturated heterocycles. The topological polar surface area (TPSA) is 88.9 Å². The number of carbonyl (C=O) groups is 1. The first kappa shape index (κ1) is 22.3. The number of anilines is 2. The smallest absolute Gasteiger partial charge is 0.257 e. The summed E-state index contributed by atoms with van der Waals surface area (Å²) >= 11 is 5.72. The lowest BCUT2D eigenvalue weighted by atomic mass is 9.94. The molecule has 4 rings (SSSR count). The van der Waals surface area contributed by atoms with Crippen LogP contribution >= 0.6 is 12.2 Å². The molecule has 8 nitrogen and oxygen atoms in total. The van der Waals surface area contributed by atoms with E-state index in [0.29, 0.717) is 33.7 Å². The third-order valence-electron chi connectivity index (χ3n) is 5.36. The number of benzene rings is 2. The van der Waals surface area contributed by atoms with Crippen molar-refractivity contribution in [2.45, 2.75) is 19.9 Å². The van der Waals surface area contributed by atoms with Gasteiger partial charge in [0.2, 0.25) is 0 Å². The number of thiocarbonyl (C=S) groups is 1. The molecule has 1 aromatic heterocycles. The van der Waals surface area contributed by atoms with E-state index >= 15 is 0 Å². The van der Waals surface area contributed by atoms with Gasteiger partial charge in [-0.15, -0.1) is 0 Å². The first-order chi connectivity index (χ1) is 15.9. The third kappa shape index (κ3) is 4.54. The lowest BCUT2D eigenvalue weighted by Crippen LogP contribution is -2.48. The van der Waals surface area contributed by atoms with Gasteiger partial charge in [0, 0.05) is 17.5 Å². The molecule has 170 valence electrons. The number of allylic oxidation sites excluding steroid dienone is 1. The Hall–Kier alpha value is -3.85. The molecule has 33 heavy (non-hydrogen) atoms. The Morgan fingerprint density at radius 1 is 1.09 bits per heavy atom. The van der Waals surface area contributed by atoms with Crippen LogP contribution in [0.15, 0.2) is 70.4 Å². The summed E-state index contributed by atoms with van der Waals surface area (Å²) in [4.78, 5) is 15.3. The van der Waals surface area contributed by atoms with E-state index in [4.69, 9.17) is 26.2 Å². The quantitative estimate of drug-likeness (QED) is 0.521. The second-order valence-corrected chi connectivity index (χ2v) is 7.86. The van der Waals surface area contributed by atoms with Crippen molar-refractivity contribution < 1.29 is 18.8 Å². The molecule has 1 aliphatic heterocycles. The summed E-state index contributed by atoms with van der Waals surface area (Å²) in [6, 6.07) is 16.2. The van der Waals surface area contributed by atoms with Crippen LogP contribution in [0.3, 0.4) is 0 Å². The number of ether oxygens (including phenoxy) is 2. The highest BCUT2D eigenvalue weighted by atomic mass is 32.1. The minimum absolute atomic E-state index is 0.317. The first-order valence-electron chi connectivity index (χ1n) is 10.3. The van der Waals surface area contributed by atoms with Gasteiger partial charge < -0.3 is 24.6 Å². The molecule has 2 aromatic carbocycles. The Balaban J connectivity index is 1.80. The summed E-state index contributed by atoms with van der Waals surface area (Å²) in [6.07, 6.45) is 0. The summed E-state index contributed by atoms with van der Waals surface area (Å²) < 4.78 is 15.7. The van der Waals surface area contributed by atoms with Gasteiger partial charge in [0.1, 0.15) is 17.3 Å². The van der Waals surface area contributed by atoms with Crippen LogP contribution in [-0.2, 0) is 4.79 Å². The van der Waals surface area contributed by atoms with E-state index in [1.807, 2.05) is 60.4 Å². The van der Waals surface area contributed by atoms with Crippen molar-refractivity contribution in [1.82, 2.24) is 10.5 Å². The van der Waals surface area contributed by atoms with Gasteiger partial charge in [0.05, 0.1) is 25.8 Å². The first-order valence-corrected chi connectivity index (χ1v) is 10.7. The van der Waals surface area contributed by atoms with Crippen LogP contribution in [0, 0.1) is 6.92 Å². The molecule has 0 radical (unpaired) electrons. The highest BCUT2D eigenvalue weighted by molar-refractivity contribution is 7.80.